The van der Waals surface area contributed by atoms with Crippen molar-refractivity contribution in [2.24, 2.45) is 0 Å². The van der Waals surface area contributed by atoms with Gasteiger partial charge in [0.25, 0.3) is 5.69 Å². The molecule has 1 aromatic rings. The first-order valence-corrected chi connectivity index (χ1v) is 5.49. The average Bonchev–Trinajstić information content (AvgIpc) is 2.35. The topological polar surface area (TPSA) is 70.8 Å². The Labute approximate surface area is 106 Å². The number of nitro benzene ring substituents is 1. The van der Waals surface area contributed by atoms with Crippen LogP contribution in [-0.4, -0.2) is 32.4 Å². The summed E-state index contributed by atoms with van der Waals surface area (Å²) in [6, 6.07) is 4.83. The van der Waals surface area contributed by atoms with Gasteiger partial charge in [0.2, 0.25) is 0 Å². The third-order valence-electron chi connectivity index (χ3n) is 2.57. The molecule has 6 nitrogen and oxygen atoms in total. The van der Waals surface area contributed by atoms with Crippen LogP contribution in [-0.2, 0) is 14.2 Å². The zero-order valence-corrected chi connectivity index (χ0v) is 10.7. The lowest BCUT2D eigenvalue weighted by Crippen LogP contribution is -2.12. The Morgan fingerprint density at radius 2 is 2.06 bits per heavy atom. The number of hydrogen-bond donors (Lipinski definition) is 0. The van der Waals surface area contributed by atoms with Crippen molar-refractivity contribution in [3.05, 3.63) is 39.4 Å². The number of ether oxygens (including phenoxy) is 3. The van der Waals surface area contributed by atoms with E-state index in [1.807, 2.05) is 0 Å². The van der Waals surface area contributed by atoms with Crippen molar-refractivity contribution in [1.82, 2.24) is 0 Å². The highest BCUT2D eigenvalue weighted by Crippen LogP contribution is 2.28. The number of hydrogen-bond acceptors (Lipinski definition) is 5. The predicted octanol–water partition coefficient (Wildman–Crippen LogP) is 2.21. The van der Waals surface area contributed by atoms with Crippen molar-refractivity contribution in [1.29, 1.82) is 0 Å². The molecule has 1 rings (SSSR count). The summed E-state index contributed by atoms with van der Waals surface area (Å²) < 4.78 is 15.5. The second-order valence-corrected chi connectivity index (χ2v) is 3.68. The smallest absolute Gasteiger partial charge is 0.272 e. The molecule has 0 saturated heterocycles. The molecule has 1 unspecified atom stereocenters. The van der Waals surface area contributed by atoms with E-state index in [9.17, 15) is 10.1 Å². The fourth-order valence-electron chi connectivity index (χ4n) is 1.62. The molecule has 0 aromatic heterocycles. The molecule has 0 aliphatic rings. The summed E-state index contributed by atoms with van der Waals surface area (Å²) in [5, 5.41) is 10.8. The number of benzene rings is 1. The van der Waals surface area contributed by atoms with Gasteiger partial charge in [-0.1, -0.05) is 12.1 Å². The Hall–Kier alpha value is -1.50. The minimum absolute atomic E-state index is 0.0601. The van der Waals surface area contributed by atoms with E-state index in [2.05, 4.69) is 0 Å². The number of rotatable bonds is 7. The third kappa shape index (κ3) is 3.49. The summed E-state index contributed by atoms with van der Waals surface area (Å²) in [6.07, 6.45) is -0.625. The molecule has 1 atom stereocenters. The fourth-order valence-corrected chi connectivity index (χ4v) is 1.62. The van der Waals surface area contributed by atoms with Crippen molar-refractivity contribution in [3.63, 3.8) is 0 Å². The van der Waals surface area contributed by atoms with Gasteiger partial charge in [-0.05, 0) is 6.92 Å². The van der Waals surface area contributed by atoms with Gasteiger partial charge < -0.3 is 14.2 Å². The molecule has 1 aromatic carbocycles. The van der Waals surface area contributed by atoms with Crippen LogP contribution in [0.3, 0.4) is 0 Å². The summed E-state index contributed by atoms with van der Waals surface area (Å²) >= 11 is 0. The summed E-state index contributed by atoms with van der Waals surface area (Å²) in [5.41, 5.74) is 1.26. The van der Waals surface area contributed by atoms with Crippen molar-refractivity contribution < 1.29 is 19.1 Å². The van der Waals surface area contributed by atoms with Crippen LogP contribution in [0.1, 0.15) is 17.4 Å². The van der Waals surface area contributed by atoms with Gasteiger partial charge in [-0.3, -0.25) is 10.1 Å². The summed E-state index contributed by atoms with van der Waals surface area (Å²) in [6.45, 7) is 2.48. The SMILES string of the molecule is COCCOC(OC)c1cccc([N+](=O)[O-])c1C. The van der Waals surface area contributed by atoms with E-state index in [1.165, 1.54) is 13.2 Å². The minimum Gasteiger partial charge on any atom is -0.382 e. The van der Waals surface area contributed by atoms with Crippen LogP contribution in [0.15, 0.2) is 18.2 Å². The van der Waals surface area contributed by atoms with Crippen LogP contribution in [0.25, 0.3) is 0 Å². The Morgan fingerprint density at radius 3 is 2.61 bits per heavy atom. The highest BCUT2D eigenvalue weighted by atomic mass is 16.7. The molecule has 6 heteroatoms. The molecule has 0 N–H and O–H groups in total. The molecule has 18 heavy (non-hydrogen) atoms. The van der Waals surface area contributed by atoms with Crippen LogP contribution in [0.4, 0.5) is 5.69 Å². The summed E-state index contributed by atoms with van der Waals surface area (Å²) in [5.74, 6) is 0. The number of nitro groups is 1. The van der Waals surface area contributed by atoms with E-state index in [1.54, 1.807) is 26.2 Å². The summed E-state index contributed by atoms with van der Waals surface area (Å²) in [7, 11) is 3.07. The molecule has 0 aliphatic heterocycles. The second kappa shape index (κ2) is 7.05. The van der Waals surface area contributed by atoms with Gasteiger partial charge in [0.05, 0.1) is 18.1 Å². The van der Waals surface area contributed by atoms with Crippen LogP contribution in [0.2, 0.25) is 0 Å². The van der Waals surface area contributed by atoms with Crippen LogP contribution in [0.5, 0.6) is 0 Å². The lowest BCUT2D eigenvalue weighted by Gasteiger charge is -2.18. The Kier molecular flexibility index (Phi) is 5.70. The van der Waals surface area contributed by atoms with Crippen molar-refractivity contribution >= 4 is 5.69 Å². The van der Waals surface area contributed by atoms with Gasteiger partial charge in [0.15, 0.2) is 6.29 Å². The van der Waals surface area contributed by atoms with E-state index in [4.69, 9.17) is 14.2 Å². The first-order chi connectivity index (χ1) is 8.61. The quantitative estimate of drug-likeness (QED) is 0.323. The maximum absolute atomic E-state index is 10.8. The fraction of sp³-hybridized carbons (Fsp3) is 0.500. The molecule has 0 fully saturated rings. The minimum atomic E-state index is -0.625. The maximum atomic E-state index is 10.8. The van der Waals surface area contributed by atoms with E-state index in [-0.39, 0.29) is 5.69 Å². The molecule has 0 amide bonds. The van der Waals surface area contributed by atoms with Crippen LogP contribution in [0, 0.1) is 17.0 Å². The van der Waals surface area contributed by atoms with Gasteiger partial charge in [0, 0.05) is 31.4 Å². The van der Waals surface area contributed by atoms with E-state index in [0.29, 0.717) is 24.3 Å². The molecule has 0 bridgehead atoms. The van der Waals surface area contributed by atoms with Crippen molar-refractivity contribution in [3.8, 4) is 0 Å². The predicted molar refractivity (Wildman–Crippen MR) is 65.4 cm³/mol. The van der Waals surface area contributed by atoms with Gasteiger partial charge in [-0.25, -0.2) is 0 Å². The summed E-state index contributed by atoms with van der Waals surface area (Å²) in [4.78, 5) is 10.4. The highest BCUT2D eigenvalue weighted by molar-refractivity contribution is 5.45. The molecule has 0 saturated carbocycles. The van der Waals surface area contributed by atoms with Crippen molar-refractivity contribution in [2.75, 3.05) is 27.4 Å². The Bertz CT molecular complexity index is 407. The molecule has 0 radical (unpaired) electrons. The highest BCUT2D eigenvalue weighted by Gasteiger charge is 2.20. The first kappa shape index (κ1) is 14.6. The van der Waals surface area contributed by atoms with Gasteiger partial charge in [0.1, 0.15) is 0 Å². The molecule has 0 spiro atoms. The van der Waals surface area contributed by atoms with E-state index < -0.39 is 11.2 Å². The normalized spacial score (nSPS) is 12.4. The first-order valence-electron chi connectivity index (χ1n) is 5.49. The number of nitrogens with zero attached hydrogens (tertiary/aromatic N) is 1. The van der Waals surface area contributed by atoms with Crippen LogP contribution < -0.4 is 0 Å². The second-order valence-electron chi connectivity index (χ2n) is 3.68. The molecule has 100 valence electrons. The standard InChI is InChI=1S/C12H17NO5/c1-9-10(5-4-6-11(9)13(14)15)12(17-3)18-8-7-16-2/h4-6,12H,7-8H2,1-3H3. The van der Waals surface area contributed by atoms with Gasteiger partial charge in [-0.15, -0.1) is 0 Å². The Balaban J connectivity index is 2.92. The largest absolute Gasteiger partial charge is 0.382 e. The van der Waals surface area contributed by atoms with E-state index >= 15 is 0 Å². The van der Waals surface area contributed by atoms with Crippen molar-refractivity contribution in [2.45, 2.75) is 13.2 Å². The lowest BCUT2D eigenvalue weighted by atomic mass is 10.1. The Morgan fingerprint density at radius 1 is 1.33 bits per heavy atom. The lowest BCUT2D eigenvalue weighted by molar-refractivity contribution is -0.385. The third-order valence-corrected chi connectivity index (χ3v) is 2.57. The maximum Gasteiger partial charge on any atom is 0.272 e. The molecule has 0 aliphatic carbocycles. The molecular formula is C12H17NO5. The molecular weight excluding hydrogens is 238 g/mol. The average molecular weight is 255 g/mol. The number of methoxy groups -OCH3 is 2. The molecule has 0 heterocycles. The van der Waals surface area contributed by atoms with E-state index in [0.717, 1.165) is 0 Å². The van der Waals surface area contributed by atoms with Gasteiger partial charge in [-0.2, -0.15) is 0 Å². The monoisotopic (exact) mass is 255 g/mol. The van der Waals surface area contributed by atoms with Crippen LogP contribution >= 0.6 is 0 Å². The zero-order chi connectivity index (χ0) is 13.5. The van der Waals surface area contributed by atoms with Gasteiger partial charge >= 0.3 is 0 Å². The zero-order valence-electron chi connectivity index (χ0n) is 10.7.